The van der Waals surface area contributed by atoms with E-state index in [2.05, 4.69) is 20.6 Å². The minimum absolute atomic E-state index is 0.286. The average molecular weight is 422 g/mol. The van der Waals surface area contributed by atoms with Gasteiger partial charge < -0.3 is 15.5 Å². The van der Waals surface area contributed by atoms with Crippen LogP contribution in [-0.4, -0.2) is 48.6 Å². The van der Waals surface area contributed by atoms with Crippen molar-refractivity contribution >= 4 is 35.1 Å². The van der Waals surface area contributed by atoms with Crippen molar-refractivity contribution in [1.82, 2.24) is 25.3 Å². The van der Waals surface area contributed by atoms with Gasteiger partial charge in [0.05, 0.1) is 12.7 Å². The number of amides is 1. The molecule has 3 N–H and O–H groups in total. The first-order chi connectivity index (χ1) is 13.3. The summed E-state index contributed by atoms with van der Waals surface area (Å²) in [5.41, 5.74) is 1.41. The molecule has 0 radical (unpaired) electrons. The van der Waals surface area contributed by atoms with Gasteiger partial charge in [-0.2, -0.15) is 0 Å². The minimum atomic E-state index is -1.21. The van der Waals surface area contributed by atoms with E-state index in [0.29, 0.717) is 27.8 Å². The van der Waals surface area contributed by atoms with E-state index in [9.17, 15) is 14.7 Å². The highest BCUT2D eigenvalue weighted by atomic mass is 35.5. The van der Waals surface area contributed by atoms with Gasteiger partial charge in [-0.25, -0.2) is 9.67 Å². The van der Waals surface area contributed by atoms with Crippen LogP contribution >= 0.6 is 23.2 Å². The molecule has 3 rings (SSSR count). The molecule has 0 atom stereocenters. The van der Waals surface area contributed by atoms with Crippen LogP contribution in [0.5, 0.6) is 5.75 Å². The molecule has 0 aliphatic rings. The first-order valence-electron chi connectivity index (χ1n) is 7.86. The average Bonchev–Trinajstić information content (AvgIpc) is 3.07. The van der Waals surface area contributed by atoms with Crippen LogP contribution in [0.3, 0.4) is 0 Å². The molecule has 0 bridgehead atoms. The van der Waals surface area contributed by atoms with E-state index in [-0.39, 0.29) is 5.69 Å². The number of pyridine rings is 1. The molecule has 11 heteroatoms. The molecule has 0 spiro atoms. The SMILES string of the molecule is O=C(O)CNC(=O)c1ncc(-c2cn(Cc3cc(Cl)cc(Cl)c3)nn2)cc1O. The first-order valence-corrected chi connectivity index (χ1v) is 8.62. The lowest BCUT2D eigenvalue weighted by molar-refractivity contribution is -0.135. The predicted molar refractivity (Wildman–Crippen MR) is 100 cm³/mol. The van der Waals surface area contributed by atoms with Crippen LogP contribution in [0.1, 0.15) is 16.1 Å². The summed E-state index contributed by atoms with van der Waals surface area (Å²) in [6.07, 6.45) is 2.97. The van der Waals surface area contributed by atoms with Crippen molar-refractivity contribution in [2.75, 3.05) is 6.54 Å². The summed E-state index contributed by atoms with van der Waals surface area (Å²) in [6, 6.07) is 6.44. The molecule has 0 saturated carbocycles. The summed E-state index contributed by atoms with van der Waals surface area (Å²) in [4.78, 5) is 26.2. The van der Waals surface area contributed by atoms with E-state index in [1.54, 1.807) is 29.1 Å². The fraction of sp³-hybridized carbons (Fsp3) is 0.118. The number of aromatic hydroxyl groups is 1. The van der Waals surface area contributed by atoms with Crippen molar-refractivity contribution < 1.29 is 19.8 Å². The number of rotatable bonds is 6. The molecular formula is C17H13Cl2N5O4. The third-order valence-corrected chi connectivity index (χ3v) is 4.02. The van der Waals surface area contributed by atoms with Crippen LogP contribution < -0.4 is 5.32 Å². The number of hydrogen-bond acceptors (Lipinski definition) is 6. The molecule has 1 amide bonds. The van der Waals surface area contributed by atoms with Crippen molar-refractivity contribution in [2.45, 2.75) is 6.54 Å². The molecule has 0 saturated heterocycles. The number of halogens is 2. The van der Waals surface area contributed by atoms with Crippen LogP contribution in [0, 0.1) is 0 Å². The molecule has 144 valence electrons. The van der Waals surface area contributed by atoms with E-state index >= 15 is 0 Å². The van der Waals surface area contributed by atoms with Gasteiger partial charge in [0.15, 0.2) is 5.69 Å². The molecule has 0 unspecified atom stereocenters. The Kier molecular flexibility index (Phi) is 5.76. The van der Waals surface area contributed by atoms with E-state index in [1.807, 2.05) is 0 Å². The second-order valence-corrected chi connectivity index (χ2v) is 6.62. The van der Waals surface area contributed by atoms with Gasteiger partial charge in [0, 0.05) is 21.8 Å². The van der Waals surface area contributed by atoms with E-state index in [1.165, 1.54) is 12.3 Å². The summed E-state index contributed by atoms with van der Waals surface area (Å²) >= 11 is 12.0. The lowest BCUT2D eigenvalue weighted by Gasteiger charge is -2.05. The second-order valence-electron chi connectivity index (χ2n) is 5.75. The summed E-state index contributed by atoms with van der Waals surface area (Å²) in [5, 5.41) is 29.8. The molecule has 2 heterocycles. The van der Waals surface area contributed by atoms with Crippen molar-refractivity contribution in [3.8, 4) is 17.0 Å². The Balaban J connectivity index is 1.76. The fourth-order valence-corrected chi connectivity index (χ4v) is 2.98. The number of benzene rings is 1. The normalized spacial score (nSPS) is 10.6. The van der Waals surface area contributed by atoms with Gasteiger partial charge >= 0.3 is 5.97 Å². The Morgan fingerprint density at radius 3 is 2.50 bits per heavy atom. The van der Waals surface area contributed by atoms with Crippen molar-refractivity contribution in [2.24, 2.45) is 0 Å². The van der Waals surface area contributed by atoms with Crippen LogP contribution in [-0.2, 0) is 11.3 Å². The molecule has 3 aromatic rings. The highest BCUT2D eigenvalue weighted by molar-refractivity contribution is 6.34. The highest BCUT2D eigenvalue weighted by Gasteiger charge is 2.16. The fourth-order valence-electron chi connectivity index (χ4n) is 2.41. The largest absolute Gasteiger partial charge is 0.505 e. The third kappa shape index (κ3) is 4.76. The predicted octanol–water partition coefficient (Wildman–Crippen LogP) is 2.22. The number of carboxylic acid groups (broad SMARTS) is 1. The summed E-state index contributed by atoms with van der Waals surface area (Å²) in [7, 11) is 0. The summed E-state index contributed by atoms with van der Waals surface area (Å²) < 4.78 is 1.56. The van der Waals surface area contributed by atoms with E-state index in [4.69, 9.17) is 28.3 Å². The monoisotopic (exact) mass is 421 g/mol. The number of hydrogen-bond donors (Lipinski definition) is 3. The van der Waals surface area contributed by atoms with Gasteiger partial charge in [-0.15, -0.1) is 5.10 Å². The number of aliphatic carboxylic acids is 1. The maximum Gasteiger partial charge on any atom is 0.322 e. The maximum atomic E-state index is 11.8. The highest BCUT2D eigenvalue weighted by Crippen LogP contribution is 2.24. The number of aromatic nitrogens is 4. The Labute approximate surface area is 168 Å². The topological polar surface area (TPSA) is 130 Å². The standard InChI is InChI=1S/C17H13Cl2N5O4/c18-11-1-9(2-12(19)4-11)7-24-8-13(22-23-24)10-3-14(25)16(20-5-10)17(28)21-6-15(26)27/h1-5,8,25H,6-7H2,(H,21,28)(H,26,27). The molecule has 2 aromatic heterocycles. The zero-order valence-electron chi connectivity index (χ0n) is 14.1. The van der Waals surface area contributed by atoms with E-state index in [0.717, 1.165) is 5.56 Å². The minimum Gasteiger partial charge on any atom is -0.505 e. The Bertz CT molecular complexity index is 1030. The third-order valence-electron chi connectivity index (χ3n) is 3.58. The van der Waals surface area contributed by atoms with Crippen LogP contribution in [0.2, 0.25) is 10.0 Å². The molecule has 0 aliphatic heterocycles. The molecule has 0 fully saturated rings. The zero-order chi connectivity index (χ0) is 20.3. The first kappa shape index (κ1) is 19.6. The van der Waals surface area contributed by atoms with Gasteiger partial charge in [0.2, 0.25) is 0 Å². The van der Waals surface area contributed by atoms with Crippen LogP contribution in [0.4, 0.5) is 0 Å². The van der Waals surface area contributed by atoms with Gasteiger partial charge in [-0.3, -0.25) is 9.59 Å². The number of nitrogens with zero attached hydrogens (tertiary/aromatic N) is 4. The molecule has 9 nitrogen and oxygen atoms in total. The van der Waals surface area contributed by atoms with Gasteiger partial charge in [-0.05, 0) is 29.8 Å². The number of carboxylic acids is 1. The zero-order valence-corrected chi connectivity index (χ0v) is 15.6. The molecular weight excluding hydrogens is 409 g/mol. The summed E-state index contributed by atoms with van der Waals surface area (Å²) in [6.45, 7) is -0.202. The Hall–Kier alpha value is -3.17. The smallest absolute Gasteiger partial charge is 0.322 e. The van der Waals surface area contributed by atoms with Gasteiger partial charge in [0.1, 0.15) is 18.0 Å². The molecule has 28 heavy (non-hydrogen) atoms. The van der Waals surface area contributed by atoms with Crippen molar-refractivity contribution in [1.29, 1.82) is 0 Å². The van der Waals surface area contributed by atoms with Gasteiger partial charge in [-0.1, -0.05) is 28.4 Å². The lowest BCUT2D eigenvalue weighted by Crippen LogP contribution is -2.29. The second kappa shape index (κ2) is 8.24. The van der Waals surface area contributed by atoms with Crippen molar-refractivity contribution in [3.05, 3.63) is 58.0 Å². The molecule has 0 aliphatic carbocycles. The number of nitrogens with one attached hydrogen (secondary N) is 1. The van der Waals surface area contributed by atoms with E-state index < -0.39 is 24.2 Å². The van der Waals surface area contributed by atoms with Crippen LogP contribution in [0.25, 0.3) is 11.3 Å². The number of carbonyl (C=O) groups is 2. The molecule has 1 aromatic carbocycles. The Morgan fingerprint density at radius 2 is 1.86 bits per heavy atom. The van der Waals surface area contributed by atoms with Crippen LogP contribution in [0.15, 0.2) is 36.7 Å². The Morgan fingerprint density at radius 1 is 1.14 bits per heavy atom. The lowest BCUT2D eigenvalue weighted by atomic mass is 10.2. The maximum absolute atomic E-state index is 11.8. The van der Waals surface area contributed by atoms with Gasteiger partial charge in [0.25, 0.3) is 5.91 Å². The van der Waals surface area contributed by atoms with Crippen molar-refractivity contribution in [3.63, 3.8) is 0 Å². The number of carbonyl (C=O) groups excluding carboxylic acids is 1. The summed E-state index contributed by atoms with van der Waals surface area (Å²) in [5.74, 6) is -2.41. The quantitative estimate of drug-likeness (QED) is 0.555.